The zero-order chi connectivity index (χ0) is 7.56. The molecule has 1 heterocycles. The van der Waals surface area contributed by atoms with Crippen molar-refractivity contribution < 1.29 is 14.4 Å². The van der Waals surface area contributed by atoms with Crippen molar-refractivity contribution in [2.24, 2.45) is 0 Å². The van der Waals surface area contributed by atoms with Crippen LogP contribution in [-0.2, 0) is 0 Å². The third-order valence-electron chi connectivity index (χ3n) is 1.03. The van der Waals surface area contributed by atoms with Gasteiger partial charge in [0.1, 0.15) is 0 Å². The first kappa shape index (κ1) is 6.82. The summed E-state index contributed by atoms with van der Waals surface area (Å²) in [5, 5.41) is 9.09. The number of nitrogens with zero attached hydrogens (tertiary/aromatic N) is 1. The highest BCUT2D eigenvalue weighted by molar-refractivity contribution is 5.90. The van der Waals surface area contributed by atoms with E-state index in [1.807, 2.05) is 0 Å². The van der Waals surface area contributed by atoms with Crippen LogP contribution >= 0.6 is 0 Å². The summed E-state index contributed by atoms with van der Waals surface area (Å²) in [4.78, 5) is 10.8. The highest BCUT2D eigenvalue weighted by Crippen LogP contribution is 2.01. The topological polar surface area (TPSA) is 53.7 Å². The lowest BCUT2D eigenvalue weighted by Crippen LogP contribution is -2.21. The number of rotatable bonds is 1. The molecule has 0 unspecified atom stereocenters. The van der Waals surface area contributed by atoms with Gasteiger partial charge in [-0.05, 0) is 12.1 Å². The van der Waals surface area contributed by atoms with Crippen molar-refractivity contribution in [2.75, 3.05) is 7.05 Å². The highest BCUT2D eigenvalue weighted by Gasteiger charge is 2.10. The van der Waals surface area contributed by atoms with Crippen LogP contribution in [0.2, 0.25) is 0 Å². The van der Waals surface area contributed by atoms with Crippen molar-refractivity contribution >= 4 is 5.91 Å². The van der Waals surface area contributed by atoms with Gasteiger partial charge in [0.2, 0.25) is 0 Å². The fourth-order valence-corrected chi connectivity index (χ4v) is 0.560. The van der Waals surface area contributed by atoms with Gasteiger partial charge < -0.3 is 4.42 Å². The molecule has 0 fully saturated rings. The molecule has 10 heavy (non-hydrogen) atoms. The van der Waals surface area contributed by atoms with Crippen molar-refractivity contribution in [3.05, 3.63) is 24.2 Å². The Morgan fingerprint density at radius 1 is 1.80 bits per heavy atom. The summed E-state index contributed by atoms with van der Waals surface area (Å²) in [7, 11) is 1.24. The van der Waals surface area contributed by atoms with Gasteiger partial charge in [0.05, 0.1) is 6.26 Å². The summed E-state index contributed by atoms with van der Waals surface area (Å²) in [5.74, 6) is -0.421. The molecule has 0 spiro atoms. The lowest BCUT2D eigenvalue weighted by atomic mass is 10.4. The van der Waals surface area contributed by atoms with Crippen LogP contribution in [0.3, 0.4) is 0 Å². The lowest BCUT2D eigenvalue weighted by molar-refractivity contribution is -0.0396. The third kappa shape index (κ3) is 1.16. The summed E-state index contributed by atoms with van der Waals surface area (Å²) in [6.07, 6.45) is 1.37. The summed E-state index contributed by atoms with van der Waals surface area (Å²) in [5.41, 5.74) is 0. The van der Waals surface area contributed by atoms with Gasteiger partial charge in [0, 0.05) is 7.05 Å². The molecule has 4 nitrogen and oxygen atoms in total. The maximum atomic E-state index is 10.8. The van der Waals surface area contributed by atoms with Gasteiger partial charge in [-0.3, -0.25) is 10.0 Å². The first-order valence-corrected chi connectivity index (χ1v) is 2.72. The zero-order valence-electron chi connectivity index (χ0n) is 5.44. The van der Waals surface area contributed by atoms with E-state index in [2.05, 4.69) is 0 Å². The first-order valence-electron chi connectivity index (χ1n) is 2.72. The van der Waals surface area contributed by atoms with Gasteiger partial charge in [0.25, 0.3) is 0 Å². The predicted molar refractivity (Wildman–Crippen MR) is 32.6 cm³/mol. The standard InChI is InChI=1S/C6H7NO3/c1-7(9)6(8)5-3-2-4-10-5/h2-4,9H,1H3. The minimum absolute atomic E-state index is 0.130. The Bertz CT molecular complexity index is 215. The van der Waals surface area contributed by atoms with Crippen LogP contribution < -0.4 is 0 Å². The second-order valence-electron chi connectivity index (χ2n) is 1.81. The fraction of sp³-hybridized carbons (Fsp3) is 0.167. The van der Waals surface area contributed by atoms with Crippen LogP contribution in [0.5, 0.6) is 0 Å². The minimum Gasteiger partial charge on any atom is -0.459 e. The van der Waals surface area contributed by atoms with Gasteiger partial charge in [-0.2, -0.15) is 0 Å². The Morgan fingerprint density at radius 3 is 2.90 bits per heavy atom. The summed E-state index contributed by atoms with van der Waals surface area (Å²) in [6, 6.07) is 3.06. The maximum Gasteiger partial charge on any atom is 0.312 e. The number of carbonyl (C=O) groups is 1. The molecule has 1 aromatic heterocycles. The quantitative estimate of drug-likeness (QED) is 0.463. The van der Waals surface area contributed by atoms with Crippen LogP contribution in [0, 0.1) is 0 Å². The van der Waals surface area contributed by atoms with E-state index in [0.29, 0.717) is 5.06 Å². The van der Waals surface area contributed by atoms with Gasteiger partial charge in [0.15, 0.2) is 5.76 Å². The Kier molecular flexibility index (Phi) is 1.73. The Balaban J connectivity index is 2.78. The summed E-state index contributed by atoms with van der Waals surface area (Å²) >= 11 is 0. The number of hydroxylamine groups is 2. The Hall–Kier alpha value is -1.29. The molecule has 1 aromatic rings. The second kappa shape index (κ2) is 2.53. The molecule has 0 aliphatic rings. The van der Waals surface area contributed by atoms with Crippen molar-refractivity contribution in [3.8, 4) is 0 Å². The van der Waals surface area contributed by atoms with E-state index in [1.165, 1.54) is 19.4 Å². The fourth-order valence-electron chi connectivity index (χ4n) is 0.560. The average molecular weight is 141 g/mol. The third-order valence-corrected chi connectivity index (χ3v) is 1.03. The zero-order valence-corrected chi connectivity index (χ0v) is 5.44. The number of furan rings is 1. The largest absolute Gasteiger partial charge is 0.459 e. The van der Waals surface area contributed by atoms with Gasteiger partial charge in [-0.15, -0.1) is 0 Å². The minimum atomic E-state index is -0.551. The molecule has 0 radical (unpaired) electrons. The molecule has 0 aromatic carbocycles. The van der Waals surface area contributed by atoms with Crippen molar-refractivity contribution in [1.82, 2.24) is 5.06 Å². The lowest BCUT2D eigenvalue weighted by Gasteiger charge is -2.03. The van der Waals surface area contributed by atoms with E-state index < -0.39 is 5.91 Å². The summed E-state index contributed by atoms with van der Waals surface area (Å²) in [6.45, 7) is 0. The normalized spacial score (nSPS) is 9.40. The Morgan fingerprint density at radius 2 is 2.50 bits per heavy atom. The van der Waals surface area contributed by atoms with E-state index in [0.717, 1.165) is 0 Å². The van der Waals surface area contributed by atoms with E-state index in [-0.39, 0.29) is 5.76 Å². The van der Waals surface area contributed by atoms with Crippen LogP contribution in [0.1, 0.15) is 10.6 Å². The van der Waals surface area contributed by atoms with Gasteiger partial charge >= 0.3 is 5.91 Å². The monoisotopic (exact) mass is 141 g/mol. The molecule has 1 N–H and O–H groups in total. The molecule has 54 valence electrons. The molecular weight excluding hydrogens is 134 g/mol. The molecule has 1 amide bonds. The maximum absolute atomic E-state index is 10.8. The van der Waals surface area contributed by atoms with E-state index in [4.69, 9.17) is 9.62 Å². The molecule has 0 saturated heterocycles. The van der Waals surface area contributed by atoms with Gasteiger partial charge in [-0.25, -0.2) is 5.06 Å². The number of hydrogen-bond donors (Lipinski definition) is 1. The highest BCUT2D eigenvalue weighted by atomic mass is 16.5. The van der Waals surface area contributed by atoms with Crippen LogP contribution in [0.25, 0.3) is 0 Å². The van der Waals surface area contributed by atoms with Crippen molar-refractivity contribution in [3.63, 3.8) is 0 Å². The van der Waals surface area contributed by atoms with Gasteiger partial charge in [-0.1, -0.05) is 0 Å². The molecule has 0 atom stereocenters. The van der Waals surface area contributed by atoms with Crippen molar-refractivity contribution in [1.29, 1.82) is 0 Å². The number of hydrogen-bond acceptors (Lipinski definition) is 3. The predicted octanol–water partition coefficient (Wildman–Crippen LogP) is 0.741. The molecular formula is C6H7NO3. The number of carbonyl (C=O) groups excluding carboxylic acids is 1. The molecule has 0 aliphatic heterocycles. The van der Waals surface area contributed by atoms with E-state index in [1.54, 1.807) is 6.07 Å². The number of amides is 1. The van der Waals surface area contributed by atoms with E-state index in [9.17, 15) is 4.79 Å². The second-order valence-corrected chi connectivity index (χ2v) is 1.81. The molecule has 0 saturated carbocycles. The smallest absolute Gasteiger partial charge is 0.312 e. The molecule has 1 rings (SSSR count). The molecule has 0 bridgehead atoms. The van der Waals surface area contributed by atoms with Crippen LogP contribution in [0.4, 0.5) is 0 Å². The van der Waals surface area contributed by atoms with Crippen LogP contribution in [0.15, 0.2) is 22.8 Å². The van der Waals surface area contributed by atoms with Crippen LogP contribution in [-0.4, -0.2) is 23.2 Å². The SMILES string of the molecule is CN(O)C(=O)c1ccco1. The van der Waals surface area contributed by atoms with Crippen molar-refractivity contribution in [2.45, 2.75) is 0 Å². The van der Waals surface area contributed by atoms with E-state index >= 15 is 0 Å². The summed E-state index contributed by atoms with van der Waals surface area (Å²) < 4.78 is 4.71. The average Bonchev–Trinajstić information content (AvgIpc) is 2.36. The first-order chi connectivity index (χ1) is 4.72. The molecule has 4 heteroatoms. The Labute approximate surface area is 57.6 Å². The molecule has 0 aliphatic carbocycles.